The van der Waals surface area contributed by atoms with Gasteiger partial charge in [0, 0.05) is 0 Å². The van der Waals surface area contributed by atoms with Crippen LogP contribution in [0.25, 0.3) is 0 Å². The van der Waals surface area contributed by atoms with E-state index in [2.05, 4.69) is 32.3 Å². The SMILES string of the molecule is O=C1N(Br)C(=O)C2(CCCCC2)N1Br. The van der Waals surface area contributed by atoms with Gasteiger partial charge in [0.2, 0.25) is 0 Å². The Hall–Kier alpha value is -0.100. The third-order valence-electron chi connectivity index (χ3n) is 2.97. The molecule has 1 saturated heterocycles. The molecule has 1 aliphatic carbocycles. The van der Waals surface area contributed by atoms with Crippen LogP contribution < -0.4 is 0 Å². The van der Waals surface area contributed by atoms with Crippen LogP contribution in [0.3, 0.4) is 0 Å². The predicted molar refractivity (Wildman–Crippen MR) is 57.8 cm³/mol. The first-order chi connectivity index (χ1) is 6.59. The first-order valence-corrected chi connectivity index (χ1v) is 6.02. The standard InChI is InChI=1S/C8H10Br2N2O2/c9-11-6(13)8(12(10)7(11)14)4-2-1-3-5-8/h1-5H2. The maximum absolute atomic E-state index is 11.9. The Labute approximate surface area is 99.3 Å². The number of imide groups is 1. The second-order valence-corrected chi connectivity index (χ2v) is 5.16. The zero-order chi connectivity index (χ0) is 10.3. The van der Waals surface area contributed by atoms with Gasteiger partial charge in [0.15, 0.2) is 0 Å². The van der Waals surface area contributed by atoms with Gasteiger partial charge in [-0.05, 0) is 12.8 Å². The van der Waals surface area contributed by atoms with Crippen molar-refractivity contribution in [2.75, 3.05) is 0 Å². The monoisotopic (exact) mass is 324 g/mol. The molecule has 2 aliphatic rings. The fourth-order valence-electron chi connectivity index (χ4n) is 2.16. The van der Waals surface area contributed by atoms with Crippen LogP contribution in [0, 0.1) is 0 Å². The molecule has 4 nitrogen and oxygen atoms in total. The zero-order valence-electron chi connectivity index (χ0n) is 7.50. The van der Waals surface area contributed by atoms with Gasteiger partial charge in [0.25, 0.3) is 5.91 Å². The molecule has 0 N–H and O–H groups in total. The highest BCUT2D eigenvalue weighted by molar-refractivity contribution is 9.08. The third-order valence-corrected chi connectivity index (χ3v) is 4.58. The number of nitrogens with zero attached hydrogens (tertiary/aromatic N) is 2. The summed E-state index contributed by atoms with van der Waals surface area (Å²) < 4.78 is 2.42. The van der Waals surface area contributed by atoms with Crippen LogP contribution in [0.2, 0.25) is 0 Å². The number of carbonyl (C=O) groups excluding carboxylic acids is 2. The number of rotatable bonds is 0. The molecule has 0 aromatic carbocycles. The minimum absolute atomic E-state index is 0.140. The van der Waals surface area contributed by atoms with Crippen molar-refractivity contribution in [3.63, 3.8) is 0 Å². The first kappa shape index (κ1) is 10.4. The van der Waals surface area contributed by atoms with Gasteiger partial charge in [0.1, 0.15) is 5.54 Å². The quantitative estimate of drug-likeness (QED) is 0.507. The number of urea groups is 1. The van der Waals surface area contributed by atoms with Crippen molar-refractivity contribution in [3.05, 3.63) is 0 Å². The summed E-state index contributed by atoms with van der Waals surface area (Å²) in [7, 11) is 0. The van der Waals surface area contributed by atoms with Crippen LogP contribution in [0.1, 0.15) is 32.1 Å². The van der Waals surface area contributed by atoms with Gasteiger partial charge in [-0.15, -0.1) is 0 Å². The van der Waals surface area contributed by atoms with Crippen molar-refractivity contribution in [1.29, 1.82) is 0 Å². The summed E-state index contributed by atoms with van der Waals surface area (Å²) in [6, 6.07) is -0.322. The van der Waals surface area contributed by atoms with E-state index >= 15 is 0 Å². The van der Waals surface area contributed by atoms with E-state index in [4.69, 9.17) is 0 Å². The lowest BCUT2D eigenvalue weighted by Crippen LogP contribution is -2.46. The summed E-state index contributed by atoms with van der Waals surface area (Å²) in [4.78, 5) is 23.4. The van der Waals surface area contributed by atoms with Crippen LogP contribution in [-0.4, -0.2) is 25.3 Å². The lowest BCUT2D eigenvalue weighted by Gasteiger charge is -2.33. The fourth-order valence-corrected chi connectivity index (χ4v) is 3.53. The molecule has 0 atom stereocenters. The summed E-state index contributed by atoms with van der Waals surface area (Å²) in [5.74, 6) is -0.140. The number of amides is 3. The van der Waals surface area contributed by atoms with E-state index in [1.54, 1.807) is 0 Å². The fraction of sp³-hybridized carbons (Fsp3) is 0.750. The minimum Gasteiger partial charge on any atom is -0.271 e. The van der Waals surface area contributed by atoms with Gasteiger partial charge in [-0.25, -0.2) is 8.72 Å². The predicted octanol–water partition coefficient (Wildman–Crippen LogP) is 2.57. The Morgan fingerprint density at radius 3 is 2.07 bits per heavy atom. The number of halogens is 2. The van der Waals surface area contributed by atoms with E-state index in [0.29, 0.717) is 0 Å². The first-order valence-electron chi connectivity index (χ1n) is 4.60. The Kier molecular flexibility index (Phi) is 2.59. The topological polar surface area (TPSA) is 40.6 Å². The van der Waals surface area contributed by atoms with E-state index in [1.165, 1.54) is 3.93 Å². The molecule has 14 heavy (non-hydrogen) atoms. The molecule has 1 spiro atoms. The summed E-state index contributed by atoms with van der Waals surface area (Å²) in [5.41, 5.74) is -0.626. The van der Waals surface area contributed by atoms with Crippen LogP contribution in [-0.2, 0) is 4.79 Å². The molecule has 3 amide bonds. The summed E-state index contributed by atoms with van der Waals surface area (Å²) in [6.45, 7) is 0. The molecule has 0 aromatic rings. The highest BCUT2D eigenvalue weighted by Crippen LogP contribution is 2.43. The number of carbonyl (C=O) groups is 2. The molecule has 1 aliphatic heterocycles. The summed E-state index contributed by atoms with van der Waals surface area (Å²) in [5, 5.41) is 0. The van der Waals surface area contributed by atoms with Gasteiger partial charge in [-0.2, -0.15) is 3.93 Å². The molecular weight excluding hydrogens is 316 g/mol. The maximum atomic E-state index is 11.9. The normalized spacial score (nSPS) is 26.4. The second kappa shape index (κ2) is 3.48. The van der Waals surface area contributed by atoms with E-state index in [-0.39, 0.29) is 11.9 Å². The second-order valence-electron chi connectivity index (χ2n) is 3.74. The van der Waals surface area contributed by atoms with Gasteiger partial charge in [-0.3, -0.25) is 4.79 Å². The molecule has 78 valence electrons. The lowest BCUT2D eigenvalue weighted by atomic mass is 9.82. The molecule has 1 heterocycles. The smallest absolute Gasteiger partial charge is 0.271 e. The highest BCUT2D eigenvalue weighted by atomic mass is 79.9. The van der Waals surface area contributed by atoms with Crippen molar-refractivity contribution in [2.45, 2.75) is 37.6 Å². The largest absolute Gasteiger partial charge is 0.348 e. The molecule has 6 heteroatoms. The molecular formula is C8H10Br2N2O2. The van der Waals surface area contributed by atoms with Crippen molar-refractivity contribution >= 4 is 44.2 Å². The van der Waals surface area contributed by atoms with Crippen LogP contribution in [0.15, 0.2) is 0 Å². The van der Waals surface area contributed by atoms with E-state index < -0.39 is 5.54 Å². The third kappa shape index (κ3) is 1.23. The van der Waals surface area contributed by atoms with Gasteiger partial charge < -0.3 is 0 Å². The van der Waals surface area contributed by atoms with Crippen molar-refractivity contribution < 1.29 is 9.59 Å². The minimum atomic E-state index is -0.626. The molecule has 0 radical (unpaired) electrons. The Bertz CT molecular complexity index is 289. The molecule has 0 aromatic heterocycles. The van der Waals surface area contributed by atoms with Crippen LogP contribution in [0.4, 0.5) is 4.79 Å². The lowest BCUT2D eigenvalue weighted by molar-refractivity contribution is -0.129. The van der Waals surface area contributed by atoms with Crippen molar-refractivity contribution in [3.8, 4) is 0 Å². The van der Waals surface area contributed by atoms with Gasteiger partial charge in [-0.1, -0.05) is 19.3 Å². The molecule has 1 saturated carbocycles. The molecule has 2 fully saturated rings. The average Bonchev–Trinajstić information content (AvgIpc) is 2.37. The highest BCUT2D eigenvalue weighted by Gasteiger charge is 2.56. The van der Waals surface area contributed by atoms with Gasteiger partial charge >= 0.3 is 6.03 Å². The number of hydrogen-bond acceptors (Lipinski definition) is 2. The molecule has 2 rings (SSSR count). The van der Waals surface area contributed by atoms with Crippen molar-refractivity contribution in [2.24, 2.45) is 0 Å². The van der Waals surface area contributed by atoms with Crippen LogP contribution in [0.5, 0.6) is 0 Å². The van der Waals surface area contributed by atoms with E-state index in [0.717, 1.165) is 36.0 Å². The molecule has 0 bridgehead atoms. The van der Waals surface area contributed by atoms with E-state index in [1.807, 2.05) is 0 Å². The Morgan fingerprint density at radius 2 is 1.64 bits per heavy atom. The average molecular weight is 326 g/mol. The summed E-state index contributed by atoms with van der Waals surface area (Å²) >= 11 is 6.18. The van der Waals surface area contributed by atoms with Gasteiger partial charge in [0.05, 0.1) is 32.3 Å². The summed E-state index contributed by atoms with van der Waals surface area (Å²) in [6.07, 6.45) is 4.66. The Morgan fingerprint density at radius 1 is 1.07 bits per heavy atom. The van der Waals surface area contributed by atoms with E-state index in [9.17, 15) is 9.59 Å². The van der Waals surface area contributed by atoms with Crippen molar-refractivity contribution in [1.82, 2.24) is 7.85 Å². The zero-order valence-corrected chi connectivity index (χ0v) is 10.7. The maximum Gasteiger partial charge on any atom is 0.348 e. The Balaban J connectivity index is 2.33. The van der Waals surface area contributed by atoms with Crippen LogP contribution >= 0.6 is 32.3 Å². The number of hydrogen-bond donors (Lipinski definition) is 0. The molecule has 0 unspecified atom stereocenters.